The van der Waals surface area contributed by atoms with Crippen LogP contribution in [0.25, 0.3) is 5.95 Å². The zero-order valence-electron chi connectivity index (χ0n) is 10.1. The van der Waals surface area contributed by atoms with E-state index in [-0.39, 0.29) is 0 Å². The van der Waals surface area contributed by atoms with Crippen LogP contribution in [0.5, 0.6) is 0 Å². The SMILES string of the molecule is c1cn(-c2noc(C3CC3)n2)c(N2CCCC2)n1. The molecular formula is C12H15N5O. The summed E-state index contributed by atoms with van der Waals surface area (Å²) in [5.74, 6) is 2.79. The number of hydrogen-bond donors (Lipinski definition) is 0. The summed E-state index contributed by atoms with van der Waals surface area (Å²) in [6.07, 6.45) is 8.49. The Balaban J connectivity index is 1.68. The van der Waals surface area contributed by atoms with Crippen molar-refractivity contribution in [3.05, 3.63) is 18.3 Å². The molecule has 3 heterocycles. The van der Waals surface area contributed by atoms with E-state index < -0.39 is 0 Å². The van der Waals surface area contributed by atoms with Crippen molar-refractivity contribution in [2.24, 2.45) is 0 Å². The lowest BCUT2D eigenvalue weighted by atomic mass is 10.4. The van der Waals surface area contributed by atoms with Gasteiger partial charge in [-0.25, -0.2) is 4.98 Å². The maximum absolute atomic E-state index is 5.30. The fraction of sp³-hybridized carbons (Fsp3) is 0.583. The zero-order chi connectivity index (χ0) is 11.9. The van der Waals surface area contributed by atoms with Gasteiger partial charge in [0.1, 0.15) is 0 Å². The minimum absolute atomic E-state index is 0.491. The first kappa shape index (κ1) is 10.1. The fourth-order valence-corrected chi connectivity index (χ4v) is 2.42. The van der Waals surface area contributed by atoms with Crippen molar-refractivity contribution in [3.63, 3.8) is 0 Å². The number of aromatic nitrogens is 4. The highest BCUT2D eigenvalue weighted by atomic mass is 16.5. The first-order valence-electron chi connectivity index (χ1n) is 6.54. The summed E-state index contributed by atoms with van der Waals surface area (Å²) in [5, 5.41) is 4.06. The van der Waals surface area contributed by atoms with Gasteiger partial charge in [-0.1, -0.05) is 0 Å². The first-order chi connectivity index (χ1) is 8.92. The Labute approximate surface area is 105 Å². The maximum Gasteiger partial charge on any atom is 0.277 e. The van der Waals surface area contributed by atoms with Gasteiger partial charge < -0.3 is 9.42 Å². The third-order valence-corrected chi connectivity index (χ3v) is 3.58. The molecule has 0 radical (unpaired) electrons. The van der Waals surface area contributed by atoms with E-state index in [0.717, 1.165) is 24.9 Å². The maximum atomic E-state index is 5.30. The van der Waals surface area contributed by atoms with Crippen LogP contribution in [0.15, 0.2) is 16.9 Å². The first-order valence-corrected chi connectivity index (χ1v) is 6.54. The van der Waals surface area contributed by atoms with Gasteiger partial charge in [0, 0.05) is 31.4 Å². The molecule has 18 heavy (non-hydrogen) atoms. The summed E-state index contributed by atoms with van der Waals surface area (Å²) in [5.41, 5.74) is 0. The highest BCUT2D eigenvalue weighted by Crippen LogP contribution is 2.39. The highest BCUT2D eigenvalue weighted by Gasteiger charge is 2.30. The van der Waals surface area contributed by atoms with Crippen LogP contribution < -0.4 is 4.90 Å². The van der Waals surface area contributed by atoms with Crippen molar-refractivity contribution in [1.82, 2.24) is 19.7 Å². The van der Waals surface area contributed by atoms with E-state index in [4.69, 9.17) is 4.52 Å². The Hall–Kier alpha value is -1.85. The molecule has 94 valence electrons. The molecule has 1 saturated heterocycles. The molecule has 0 amide bonds. The Morgan fingerprint density at radius 1 is 1.22 bits per heavy atom. The lowest BCUT2D eigenvalue weighted by Gasteiger charge is -2.16. The molecule has 6 nitrogen and oxygen atoms in total. The smallest absolute Gasteiger partial charge is 0.277 e. The molecule has 2 aromatic rings. The molecule has 0 spiro atoms. The minimum atomic E-state index is 0.491. The molecule has 0 atom stereocenters. The second-order valence-electron chi connectivity index (χ2n) is 5.00. The summed E-state index contributed by atoms with van der Waals surface area (Å²) in [4.78, 5) is 11.1. The number of anilines is 1. The number of hydrogen-bond acceptors (Lipinski definition) is 5. The third kappa shape index (κ3) is 1.60. The van der Waals surface area contributed by atoms with Gasteiger partial charge in [0.15, 0.2) is 0 Å². The van der Waals surface area contributed by atoms with Gasteiger partial charge in [-0.15, -0.1) is 0 Å². The Kier molecular flexibility index (Phi) is 2.15. The monoisotopic (exact) mass is 245 g/mol. The van der Waals surface area contributed by atoms with Gasteiger partial charge in [0.25, 0.3) is 5.95 Å². The quantitative estimate of drug-likeness (QED) is 0.824. The van der Waals surface area contributed by atoms with Crippen LogP contribution in [0.1, 0.15) is 37.5 Å². The van der Waals surface area contributed by atoms with E-state index in [9.17, 15) is 0 Å². The van der Waals surface area contributed by atoms with Crippen LogP contribution in [0, 0.1) is 0 Å². The molecule has 0 unspecified atom stereocenters. The molecule has 2 aliphatic rings. The molecule has 6 heteroatoms. The van der Waals surface area contributed by atoms with Gasteiger partial charge in [-0.3, -0.25) is 4.57 Å². The largest absolute Gasteiger partial charge is 0.342 e. The Bertz CT molecular complexity index is 550. The van der Waals surface area contributed by atoms with Crippen molar-refractivity contribution >= 4 is 5.95 Å². The molecular weight excluding hydrogens is 230 g/mol. The van der Waals surface area contributed by atoms with Crippen molar-refractivity contribution < 1.29 is 4.52 Å². The van der Waals surface area contributed by atoms with Crippen LogP contribution in [-0.2, 0) is 0 Å². The van der Waals surface area contributed by atoms with Crippen LogP contribution in [0.3, 0.4) is 0 Å². The summed E-state index contributed by atoms with van der Waals surface area (Å²) in [6.45, 7) is 2.12. The van der Waals surface area contributed by atoms with Crippen LogP contribution >= 0.6 is 0 Å². The molecule has 2 fully saturated rings. The van der Waals surface area contributed by atoms with E-state index in [1.54, 1.807) is 6.20 Å². The van der Waals surface area contributed by atoms with E-state index in [2.05, 4.69) is 20.0 Å². The van der Waals surface area contributed by atoms with Crippen molar-refractivity contribution in [3.8, 4) is 5.95 Å². The number of rotatable bonds is 3. The van der Waals surface area contributed by atoms with E-state index >= 15 is 0 Å². The molecule has 0 N–H and O–H groups in total. The molecule has 1 aliphatic carbocycles. The zero-order valence-corrected chi connectivity index (χ0v) is 10.1. The van der Waals surface area contributed by atoms with Crippen molar-refractivity contribution in [2.45, 2.75) is 31.6 Å². The van der Waals surface area contributed by atoms with Gasteiger partial charge in [-0.05, 0) is 30.8 Å². The van der Waals surface area contributed by atoms with Crippen LogP contribution in [-0.4, -0.2) is 32.8 Å². The molecule has 2 aromatic heterocycles. The fourth-order valence-electron chi connectivity index (χ4n) is 2.42. The lowest BCUT2D eigenvalue weighted by molar-refractivity contribution is 0.377. The molecule has 0 aromatic carbocycles. The predicted octanol–water partition coefficient (Wildman–Crippen LogP) is 1.73. The van der Waals surface area contributed by atoms with Gasteiger partial charge in [0.2, 0.25) is 11.8 Å². The third-order valence-electron chi connectivity index (χ3n) is 3.58. The molecule has 1 saturated carbocycles. The average molecular weight is 245 g/mol. The van der Waals surface area contributed by atoms with Crippen molar-refractivity contribution in [1.29, 1.82) is 0 Å². The Morgan fingerprint density at radius 3 is 2.83 bits per heavy atom. The van der Waals surface area contributed by atoms with E-state index in [0.29, 0.717) is 11.9 Å². The van der Waals surface area contributed by atoms with Crippen LogP contribution in [0.2, 0.25) is 0 Å². The lowest BCUT2D eigenvalue weighted by Crippen LogP contribution is -2.21. The second-order valence-corrected chi connectivity index (χ2v) is 5.00. The predicted molar refractivity (Wildman–Crippen MR) is 64.8 cm³/mol. The highest BCUT2D eigenvalue weighted by molar-refractivity contribution is 5.38. The van der Waals surface area contributed by atoms with Crippen molar-refractivity contribution in [2.75, 3.05) is 18.0 Å². The van der Waals surface area contributed by atoms with E-state index in [1.165, 1.54) is 25.7 Å². The standard InChI is InChI=1S/C12H15N5O/c1-2-7-16(6-1)12-13-5-8-17(12)11-14-10(18-15-11)9-3-4-9/h5,8-9H,1-4,6-7H2. The molecule has 0 bridgehead atoms. The molecule has 4 rings (SSSR count). The summed E-state index contributed by atoms with van der Waals surface area (Å²) in [7, 11) is 0. The normalized spacial score (nSPS) is 19.7. The summed E-state index contributed by atoms with van der Waals surface area (Å²) in [6, 6.07) is 0. The molecule has 1 aliphatic heterocycles. The summed E-state index contributed by atoms with van der Waals surface area (Å²) >= 11 is 0. The summed E-state index contributed by atoms with van der Waals surface area (Å²) < 4.78 is 7.22. The number of imidazole rings is 1. The second kappa shape index (κ2) is 3.83. The average Bonchev–Trinajstić information content (AvgIpc) is 2.91. The van der Waals surface area contributed by atoms with Gasteiger partial charge >= 0.3 is 0 Å². The van der Waals surface area contributed by atoms with Gasteiger partial charge in [0.05, 0.1) is 0 Å². The van der Waals surface area contributed by atoms with Gasteiger partial charge in [-0.2, -0.15) is 4.98 Å². The number of nitrogens with zero attached hydrogens (tertiary/aromatic N) is 5. The topological polar surface area (TPSA) is 60.0 Å². The van der Waals surface area contributed by atoms with Crippen LogP contribution in [0.4, 0.5) is 5.95 Å². The Morgan fingerprint density at radius 2 is 2.06 bits per heavy atom. The van der Waals surface area contributed by atoms with E-state index in [1.807, 2.05) is 10.8 Å². The minimum Gasteiger partial charge on any atom is -0.342 e.